The third-order valence-corrected chi connectivity index (χ3v) is 5.56. The van der Waals surface area contributed by atoms with Crippen LogP contribution >= 0.6 is 0 Å². The molecule has 0 fully saturated rings. The molecule has 4 aromatic rings. The quantitative estimate of drug-likeness (QED) is 0.544. The van der Waals surface area contributed by atoms with E-state index in [1.807, 2.05) is 65.2 Å². The maximum absolute atomic E-state index is 12.8. The summed E-state index contributed by atoms with van der Waals surface area (Å²) in [6, 6.07) is 24.1. The van der Waals surface area contributed by atoms with E-state index >= 15 is 0 Å². The third kappa shape index (κ3) is 4.29. The summed E-state index contributed by atoms with van der Waals surface area (Å²) in [6.45, 7) is 2.05. The molecule has 6 heteroatoms. The molecule has 0 unspecified atom stereocenters. The Hall–Kier alpha value is -3.64. The number of hydrogen-bond acceptors (Lipinski definition) is 4. The molecule has 31 heavy (non-hydrogen) atoms. The zero-order valence-corrected chi connectivity index (χ0v) is 17.1. The number of imidazole rings is 1. The van der Waals surface area contributed by atoms with Gasteiger partial charge in [-0.2, -0.15) is 0 Å². The fraction of sp³-hybridized carbons (Fsp3) is 0.200. The normalized spacial score (nSPS) is 16.3. The maximum atomic E-state index is 12.8. The Morgan fingerprint density at radius 3 is 2.74 bits per heavy atom. The van der Waals surface area contributed by atoms with Gasteiger partial charge in [0.25, 0.3) is 0 Å². The van der Waals surface area contributed by atoms with Crippen molar-refractivity contribution in [2.24, 2.45) is 0 Å². The van der Waals surface area contributed by atoms with Crippen LogP contribution in [0.1, 0.15) is 22.9 Å². The van der Waals surface area contributed by atoms with E-state index < -0.39 is 0 Å². The van der Waals surface area contributed by atoms with Crippen molar-refractivity contribution in [2.45, 2.75) is 19.2 Å². The van der Waals surface area contributed by atoms with Gasteiger partial charge in [-0.15, -0.1) is 0 Å². The predicted molar refractivity (Wildman–Crippen MR) is 119 cm³/mol. The molecule has 1 aliphatic heterocycles. The number of hydrogen-bond donors (Lipinski definition) is 1. The first-order chi connectivity index (χ1) is 15.3. The van der Waals surface area contributed by atoms with E-state index in [4.69, 9.17) is 4.74 Å². The molecule has 1 atom stereocenters. The number of pyridine rings is 1. The molecule has 1 amide bonds. The number of carbonyl (C=O) groups is 1. The second kappa shape index (κ2) is 8.62. The van der Waals surface area contributed by atoms with Crippen molar-refractivity contribution in [1.82, 2.24) is 19.6 Å². The van der Waals surface area contributed by atoms with Gasteiger partial charge < -0.3 is 14.5 Å². The fourth-order valence-corrected chi connectivity index (χ4v) is 4.01. The molecule has 0 spiro atoms. The van der Waals surface area contributed by atoms with Crippen LogP contribution in [0, 0.1) is 0 Å². The number of ether oxygens (including phenoxy) is 1. The Labute approximate surface area is 181 Å². The van der Waals surface area contributed by atoms with Crippen LogP contribution in [-0.2, 0) is 17.9 Å². The van der Waals surface area contributed by atoms with Gasteiger partial charge in [-0.1, -0.05) is 54.6 Å². The number of carbonyl (C=O) groups excluding carboxylic acids is 1. The van der Waals surface area contributed by atoms with Gasteiger partial charge in [-0.05, 0) is 23.8 Å². The van der Waals surface area contributed by atoms with Crippen LogP contribution in [0.4, 0.5) is 0 Å². The summed E-state index contributed by atoms with van der Waals surface area (Å²) >= 11 is 0. The lowest BCUT2D eigenvalue weighted by atomic mass is 10.1. The topological polar surface area (TPSA) is 58.9 Å². The fourth-order valence-electron chi connectivity index (χ4n) is 4.01. The van der Waals surface area contributed by atoms with Crippen molar-refractivity contribution in [3.63, 3.8) is 0 Å². The SMILES string of the molecule is O=C(CN1Cc2ccccc2O[C@@H](c2ccccc2)C1)NCc1cnc2ccccn12. The lowest BCUT2D eigenvalue weighted by Gasteiger charge is -2.23. The molecule has 0 bridgehead atoms. The van der Waals surface area contributed by atoms with Crippen LogP contribution in [0.5, 0.6) is 5.75 Å². The van der Waals surface area contributed by atoms with E-state index in [0.29, 0.717) is 26.2 Å². The summed E-state index contributed by atoms with van der Waals surface area (Å²) in [7, 11) is 0. The van der Waals surface area contributed by atoms with Gasteiger partial charge in [0.2, 0.25) is 5.91 Å². The molecule has 0 radical (unpaired) electrons. The number of fused-ring (bicyclic) bond motifs is 2. The minimum atomic E-state index is -0.128. The lowest BCUT2D eigenvalue weighted by molar-refractivity contribution is -0.122. The molecular weight excluding hydrogens is 388 g/mol. The molecule has 0 saturated carbocycles. The molecule has 6 nitrogen and oxygen atoms in total. The van der Waals surface area contributed by atoms with Gasteiger partial charge in [0.1, 0.15) is 17.5 Å². The van der Waals surface area contributed by atoms with Crippen molar-refractivity contribution in [3.8, 4) is 5.75 Å². The second-order valence-electron chi connectivity index (χ2n) is 7.75. The minimum Gasteiger partial charge on any atom is -0.484 e. The Balaban J connectivity index is 1.29. The Kier molecular flexibility index (Phi) is 5.37. The van der Waals surface area contributed by atoms with E-state index in [-0.39, 0.29) is 12.0 Å². The molecule has 2 aromatic carbocycles. The number of aromatic nitrogens is 2. The molecular formula is C25H24N4O2. The van der Waals surface area contributed by atoms with Crippen molar-refractivity contribution in [3.05, 3.63) is 102 Å². The highest BCUT2D eigenvalue weighted by Gasteiger charge is 2.25. The Morgan fingerprint density at radius 1 is 1.03 bits per heavy atom. The molecule has 5 rings (SSSR count). The zero-order chi connectivity index (χ0) is 21.0. The first-order valence-corrected chi connectivity index (χ1v) is 10.5. The first-order valence-electron chi connectivity index (χ1n) is 10.5. The van der Waals surface area contributed by atoms with Gasteiger partial charge in [0.05, 0.1) is 25.0 Å². The van der Waals surface area contributed by atoms with E-state index in [9.17, 15) is 4.79 Å². The second-order valence-corrected chi connectivity index (χ2v) is 7.75. The number of rotatable bonds is 5. The van der Waals surface area contributed by atoms with E-state index in [1.165, 1.54) is 0 Å². The molecule has 0 aliphatic carbocycles. The summed E-state index contributed by atoms with van der Waals surface area (Å²) < 4.78 is 8.32. The van der Waals surface area contributed by atoms with Gasteiger partial charge >= 0.3 is 0 Å². The van der Waals surface area contributed by atoms with Crippen LogP contribution in [-0.4, -0.2) is 33.3 Å². The van der Waals surface area contributed by atoms with E-state index in [1.54, 1.807) is 6.20 Å². The van der Waals surface area contributed by atoms with Gasteiger partial charge in [0, 0.05) is 24.8 Å². The van der Waals surface area contributed by atoms with Crippen molar-refractivity contribution >= 4 is 11.6 Å². The summed E-state index contributed by atoms with van der Waals surface area (Å²) in [5.74, 6) is 0.863. The lowest BCUT2D eigenvalue weighted by Crippen LogP contribution is -2.38. The highest BCUT2D eigenvalue weighted by atomic mass is 16.5. The van der Waals surface area contributed by atoms with Crippen LogP contribution in [0.15, 0.2) is 85.2 Å². The number of nitrogens with one attached hydrogen (secondary N) is 1. The van der Waals surface area contributed by atoms with Crippen LogP contribution in [0.3, 0.4) is 0 Å². The average molecular weight is 412 g/mol. The van der Waals surface area contributed by atoms with Crippen molar-refractivity contribution < 1.29 is 9.53 Å². The third-order valence-electron chi connectivity index (χ3n) is 5.56. The Morgan fingerprint density at radius 2 is 1.84 bits per heavy atom. The highest BCUT2D eigenvalue weighted by molar-refractivity contribution is 5.78. The zero-order valence-electron chi connectivity index (χ0n) is 17.1. The summed E-state index contributed by atoms with van der Waals surface area (Å²) in [5, 5.41) is 3.04. The van der Waals surface area contributed by atoms with Crippen LogP contribution < -0.4 is 10.1 Å². The first kappa shape index (κ1) is 19.3. The summed E-state index contributed by atoms with van der Waals surface area (Å²) in [6.07, 6.45) is 3.63. The summed E-state index contributed by atoms with van der Waals surface area (Å²) in [5.41, 5.74) is 4.03. The molecule has 156 valence electrons. The highest BCUT2D eigenvalue weighted by Crippen LogP contribution is 2.30. The maximum Gasteiger partial charge on any atom is 0.234 e. The van der Waals surface area contributed by atoms with Crippen molar-refractivity contribution in [1.29, 1.82) is 0 Å². The van der Waals surface area contributed by atoms with Gasteiger partial charge in [-0.3, -0.25) is 9.69 Å². The molecule has 2 aromatic heterocycles. The molecule has 0 saturated heterocycles. The smallest absolute Gasteiger partial charge is 0.234 e. The van der Waals surface area contributed by atoms with Crippen molar-refractivity contribution in [2.75, 3.05) is 13.1 Å². The Bertz CT molecular complexity index is 1190. The number of benzene rings is 2. The predicted octanol–water partition coefficient (Wildman–Crippen LogP) is 3.59. The van der Waals surface area contributed by atoms with E-state index in [0.717, 1.165) is 28.2 Å². The largest absolute Gasteiger partial charge is 0.484 e. The molecule has 3 heterocycles. The van der Waals surface area contributed by atoms with Crippen LogP contribution in [0.2, 0.25) is 0 Å². The molecule has 1 aliphatic rings. The standard InChI is InChI=1S/C25H24N4O2/c30-25(27-15-21-14-26-24-12-6-7-13-29(21)24)18-28-16-20-10-4-5-11-22(20)31-23(17-28)19-8-2-1-3-9-19/h1-14,23H,15-18H2,(H,27,30)/t23-/m1/s1. The van der Waals surface area contributed by atoms with Gasteiger partial charge in [0.15, 0.2) is 0 Å². The van der Waals surface area contributed by atoms with E-state index in [2.05, 4.69) is 33.4 Å². The number of nitrogens with zero attached hydrogens (tertiary/aromatic N) is 3. The summed E-state index contributed by atoms with van der Waals surface area (Å²) in [4.78, 5) is 19.3. The molecule has 1 N–H and O–H groups in total. The average Bonchev–Trinajstić information content (AvgIpc) is 3.12. The van der Waals surface area contributed by atoms with Crippen LogP contribution in [0.25, 0.3) is 5.65 Å². The number of para-hydroxylation sites is 1. The number of amides is 1. The minimum absolute atomic E-state index is 0.0166. The van der Waals surface area contributed by atoms with Gasteiger partial charge in [-0.25, -0.2) is 4.98 Å². The monoisotopic (exact) mass is 412 g/mol.